The number of esters is 1. The molecule has 14 nitrogen and oxygen atoms in total. The fourth-order valence-corrected chi connectivity index (χ4v) is 6.99. The summed E-state index contributed by atoms with van der Waals surface area (Å²) in [4.78, 5) is 29.6. The molecule has 0 aliphatic rings. The topological polar surface area (TPSA) is 176 Å². The molecule has 0 spiro atoms. The molecule has 8 aromatic rings. The number of hydrogen-bond donors (Lipinski definition) is 2. The van der Waals surface area contributed by atoms with Gasteiger partial charge in [0.15, 0.2) is 0 Å². The zero-order chi connectivity index (χ0) is 44.6. The Morgan fingerprint density at radius 2 is 1.05 bits per heavy atom. The number of anilines is 2. The number of rotatable bonds is 12. The number of benzene rings is 6. The summed E-state index contributed by atoms with van der Waals surface area (Å²) in [7, 11) is 3.86. The Labute approximate surface area is 378 Å². The van der Waals surface area contributed by atoms with E-state index in [1.165, 1.54) is 15.7 Å². The smallest absolute Gasteiger partial charge is 0.348 e. The molecular formula is C51H53N9O5. The first-order chi connectivity index (χ1) is 30.4. The molecule has 0 atom stereocenters. The number of ether oxygens (including phenoxy) is 1. The highest BCUT2D eigenvalue weighted by Crippen LogP contribution is 2.32. The third kappa shape index (κ3) is 11.0. The van der Waals surface area contributed by atoms with E-state index in [0.717, 1.165) is 62.0 Å². The average molecular weight is 872 g/mol. The molecule has 0 aliphatic carbocycles. The van der Waals surface area contributed by atoms with Gasteiger partial charge < -0.3 is 24.7 Å². The Kier molecular flexibility index (Phi) is 15.6. The molecule has 14 heteroatoms. The molecule has 0 fully saturated rings. The molecule has 2 aromatic heterocycles. The predicted molar refractivity (Wildman–Crippen MR) is 257 cm³/mol. The highest BCUT2D eigenvalue weighted by molar-refractivity contribution is 5.98. The second-order valence-corrected chi connectivity index (χ2v) is 14.9. The number of carbonyl (C=O) groups is 2. The van der Waals surface area contributed by atoms with E-state index >= 15 is 0 Å². The van der Waals surface area contributed by atoms with Crippen LogP contribution in [0.4, 0.5) is 11.4 Å². The van der Waals surface area contributed by atoms with Crippen LogP contribution in [0.5, 0.6) is 11.5 Å². The van der Waals surface area contributed by atoms with Crippen LogP contribution in [-0.2, 0) is 22.6 Å². The van der Waals surface area contributed by atoms with Gasteiger partial charge in [0.2, 0.25) is 0 Å². The standard InChI is InChI=1S/C27H25N5O3.C22H20N4O2.2CH4/c1-4-35-27(34)20(16-28)15-19-9-11-22(12-10-19)31(3)17-21-13-18(2)14-25(26(21)33)32-29-23-7-5-6-8-24(23)30-32;1-15-11-17(13-25(2)18-9-7-16(14-27)8-10-18)22(28)21(12-15)26-23-19-5-3-4-6-20(19)24-26;;/h5-15,33H,4,17H2,1-3H3;3-12,14,28H,13H2,1-2H3;2*1H4/b20-15+;;;. The number of hydrogen-bond acceptors (Lipinski definition) is 12. The fourth-order valence-electron chi connectivity index (χ4n) is 6.99. The van der Waals surface area contributed by atoms with Crippen LogP contribution >= 0.6 is 0 Å². The van der Waals surface area contributed by atoms with Crippen molar-refractivity contribution >= 4 is 51.8 Å². The lowest BCUT2D eigenvalue weighted by Gasteiger charge is -2.21. The summed E-state index contributed by atoms with van der Waals surface area (Å²) in [6.07, 6.45) is 2.32. The summed E-state index contributed by atoms with van der Waals surface area (Å²) >= 11 is 0. The van der Waals surface area contributed by atoms with Gasteiger partial charge in [0.1, 0.15) is 62.9 Å². The lowest BCUT2D eigenvalue weighted by Crippen LogP contribution is -2.17. The van der Waals surface area contributed by atoms with E-state index in [-0.39, 0.29) is 38.5 Å². The van der Waals surface area contributed by atoms with Gasteiger partial charge in [0, 0.05) is 55.2 Å². The predicted octanol–water partition coefficient (Wildman–Crippen LogP) is 9.70. The molecule has 8 rings (SSSR count). The molecule has 0 saturated carbocycles. The monoisotopic (exact) mass is 871 g/mol. The van der Waals surface area contributed by atoms with Crippen molar-refractivity contribution in [1.82, 2.24) is 30.0 Å². The lowest BCUT2D eigenvalue weighted by atomic mass is 10.1. The molecule has 0 radical (unpaired) electrons. The largest absolute Gasteiger partial charge is 0.505 e. The molecule has 0 saturated heterocycles. The molecule has 0 amide bonds. The number of aldehydes is 1. The number of nitrogens with zero attached hydrogens (tertiary/aromatic N) is 9. The van der Waals surface area contributed by atoms with Crippen LogP contribution in [0.25, 0.3) is 39.5 Å². The first-order valence-corrected chi connectivity index (χ1v) is 20.1. The molecular weight excluding hydrogens is 819 g/mol. The van der Waals surface area contributed by atoms with Crippen LogP contribution in [0.1, 0.15) is 60.0 Å². The van der Waals surface area contributed by atoms with E-state index in [4.69, 9.17) is 4.74 Å². The van der Waals surface area contributed by atoms with E-state index in [0.29, 0.717) is 35.6 Å². The first-order valence-electron chi connectivity index (χ1n) is 20.1. The number of fused-ring (bicyclic) bond motifs is 2. The van der Waals surface area contributed by atoms with Gasteiger partial charge in [-0.3, -0.25) is 4.79 Å². The van der Waals surface area contributed by atoms with Gasteiger partial charge in [0.05, 0.1) is 6.61 Å². The summed E-state index contributed by atoms with van der Waals surface area (Å²) in [5, 5.41) is 49.1. The number of nitriles is 1. The van der Waals surface area contributed by atoms with Gasteiger partial charge in [-0.15, -0.1) is 30.0 Å². The molecule has 65 heavy (non-hydrogen) atoms. The number of aromatic hydroxyl groups is 2. The van der Waals surface area contributed by atoms with Crippen molar-refractivity contribution in [3.05, 3.63) is 160 Å². The van der Waals surface area contributed by atoms with Gasteiger partial charge in [-0.25, -0.2) is 4.79 Å². The maximum Gasteiger partial charge on any atom is 0.348 e. The van der Waals surface area contributed by atoms with E-state index in [1.54, 1.807) is 19.1 Å². The fraction of sp³-hybridized carbons (Fsp3) is 0.196. The van der Waals surface area contributed by atoms with Crippen LogP contribution in [-0.4, -0.2) is 73.2 Å². The summed E-state index contributed by atoms with van der Waals surface area (Å²) < 4.78 is 4.90. The number of aryl methyl sites for hydroxylation is 2. The van der Waals surface area contributed by atoms with E-state index in [1.807, 2.05) is 153 Å². The van der Waals surface area contributed by atoms with Crippen molar-refractivity contribution in [2.45, 2.75) is 48.7 Å². The first kappa shape index (κ1) is 47.7. The molecule has 0 unspecified atom stereocenters. The molecule has 332 valence electrons. The highest BCUT2D eigenvalue weighted by Gasteiger charge is 2.17. The third-order valence-corrected chi connectivity index (χ3v) is 10.2. The quantitative estimate of drug-likeness (QED) is 0.0515. The number of phenols is 2. The van der Waals surface area contributed by atoms with Crippen molar-refractivity contribution in [3.63, 3.8) is 0 Å². The summed E-state index contributed by atoms with van der Waals surface area (Å²) in [5.74, 6) is -0.362. The maximum atomic E-state index is 11.8. The van der Waals surface area contributed by atoms with Crippen molar-refractivity contribution in [1.29, 1.82) is 5.26 Å². The van der Waals surface area contributed by atoms with Crippen molar-refractivity contribution in [2.75, 3.05) is 30.5 Å². The van der Waals surface area contributed by atoms with Crippen LogP contribution in [0.2, 0.25) is 0 Å². The minimum atomic E-state index is -0.638. The van der Waals surface area contributed by atoms with Crippen LogP contribution in [0.3, 0.4) is 0 Å². The second kappa shape index (κ2) is 21.2. The van der Waals surface area contributed by atoms with E-state index in [9.17, 15) is 25.1 Å². The van der Waals surface area contributed by atoms with Crippen molar-refractivity contribution in [3.8, 4) is 28.9 Å². The van der Waals surface area contributed by atoms with Gasteiger partial charge in [-0.05, 0) is 116 Å². The minimum absolute atomic E-state index is 0. The maximum absolute atomic E-state index is 11.8. The van der Waals surface area contributed by atoms with Gasteiger partial charge in [-0.2, -0.15) is 5.26 Å². The Bertz CT molecular complexity index is 2940. The summed E-state index contributed by atoms with van der Waals surface area (Å²) in [6, 6.07) is 39.4. The molecule has 0 bridgehead atoms. The number of aromatic nitrogens is 6. The lowest BCUT2D eigenvalue weighted by molar-refractivity contribution is -0.137. The van der Waals surface area contributed by atoms with Gasteiger partial charge >= 0.3 is 5.97 Å². The zero-order valence-electron chi connectivity index (χ0n) is 35.5. The van der Waals surface area contributed by atoms with Crippen LogP contribution < -0.4 is 9.80 Å². The average Bonchev–Trinajstić information content (AvgIpc) is 3.93. The summed E-state index contributed by atoms with van der Waals surface area (Å²) in [5.41, 5.74) is 10.8. The van der Waals surface area contributed by atoms with Gasteiger partial charge in [-0.1, -0.05) is 63.4 Å². The zero-order valence-corrected chi connectivity index (χ0v) is 35.5. The van der Waals surface area contributed by atoms with E-state index < -0.39 is 5.97 Å². The van der Waals surface area contributed by atoms with Crippen LogP contribution in [0, 0.1) is 25.2 Å². The number of phenolic OH excluding ortho intramolecular Hbond substituents is 2. The Morgan fingerprint density at radius 1 is 0.662 bits per heavy atom. The van der Waals surface area contributed by atoms with Gasteiger partial charge in [0.25, 0.3) is 0 Å². The van der Waals surface area contributed by atoms with Crippen molar-refractivity contribution in [2.24, 2.45) is 0 Å². The molecule has 0 aliphatic heterocycles. The highest BCUT2D eigenvalue weighted by atomic mass is 16.5. The number of carbonyl (C=O) groups excluding carboxylic acids is 2. The second-order valence-electron chi connectivity index (χ2n) is 14.9. The Hall–Kier alpha value is -8.31. The van der Waals surface area contributed by atoms with Crippen molar-refractivity contribution < 1.29 is 24.5 Å². The molecule has 6 aromatic carbocycles. The van der Waals surface area contributed by atoms with Crippen LogP contribution in [0.15, 0.2) is 127 Å². The SMILES string of the molecule is C.C.CCOC(=O)/C(C#N)=C/c1ccc(N(C)Cc2cc(C)cc(-n3nc4ccccc4n3)c2O)cc1.Cc1cc(CN(C)c2ccc(C=O)cc2)c(O)c(-n2nc3ccccc3n2)c1. The Balaban J connectivity index is 0.000000242. The molecule has 2 N–H and O–H groups in total. The molecule has 2 heterocycles. The third-order valence-electron chi connectivity index (χ3n) is 10.2. The Morgan fingerprint density at radius 3 is 1.40 bits per heavy atom. The normalized spacial score (nSPS) is 10.8. The van der Waals surface area contributed by atoms with E-state index in [2.05, 4.69) is 20.4 Å². The summed E-state index contributed by atoms with van der Waals surface area (Å²) in [6.45, 7) is 6.80. The minimum Gasteiger partial charge on any atom is -0.505 e.